The van der Waals surface area contributed by atoms with Crippen LogP contribution in [0.2, 0.25) is 5.02 Å². The summed E-state index contributed by atoms with van der Waals surface area (Å²) >= 11 is 6.33. The second-order valence-electron chi connectivity index (χ2n) is 6.55. The molecule has 0 unspecified atom stereocenters. The highest BCUT2D eigenvalue weighted by atomic mass is 35.5. The number of amides is 1. The van der Waals surface area contributed by atoms with Crippen molar-refractivity contribution in [3.05, 3.63) is 46.5 Å². The minimum Gasteiger partial charge on any atom is -0.493 e. The summed E-state index contributed by atoms with van der Waals surface area (Å²) in [5, 5.41) is 3.19. The Morgan fingerprint density at radius 1 is 1.27 bits per heavy atom. The van der Waals surface area contributed by atoms with E-state index in [4.69, 9.17) is 26.8 Å². The Bertz CT molecular complexity index is 791. The van der Waals surface area contributed by atoms with Gasteiger partial charge in [-0.05, 0) is 49.1 Å². The molecule has 5 nitrogen and oxygen atoms in total. The summed E-state index contributed by atoms with van der Waals surface area (Å²) in [6.45, 7) is 6.66. The van der Waals surface area contributed by atoms with Gasteiger partial charge in [0.1, 0.15) is 0 Å². The Kier molecular flexibility index (Phi) is 6.75. The van der Waals surface area contributed by atoms with Crippen LogP contribution < -0.4 is 20.5 Å². The number of ether oxygens (including phenoxy) is 2. The van der Waals surface area contributed by atoms with Crippen LogP contribution in [0.1, 0.15) is 36.2 Å². The maximum Gasteiger partial charge on any atom is 0.255 e. The lowest BCUT2D eigenvalue weighted by molar-refractivity contribution is 0.102. The topological polar surface area (TPSA) is 73.6 Å². The number of rotatable bonds is 7. The molecule has 2 rings (SSSR count). The predicted molar refractivity (Wildman–Crippen MR) is 106 cm³/mol. The summed E-state index contributed by atoms with van der Waals surface area (Å²) in [6, 6.07) is 8.55. The van der Waals surface area contributed by atoms with Crippen molar-refractivity contribution in [2.45, 2.75) is 27.2 Å². The molecular weight excluding hydrogens is 352 g/mol. The van der Waals surface area contributed by atoms with Crippen LogP contribution in [0.5, 0.6) is 11.5 Å². The molecule has 0 atom stereocenters. The molecule has 0 saturated carbocycles. The van der Waals surface area contributed by atoms with Gasteiger partial charge in [0, 0.05) is 16.9 Å². The van der Waals surface area contributed by atoms with Gasteiger partial charge in [0.05, 0.1) is 18.7 Å². The van der Waals surface area contributed by atoms with Gasteiger partial charge in [0.2, 0.25) is 0 Å². The average molecular weight is 377 g/mol. The maximum absolute atomic E-state index is 12.6. The van der Waals surface area contributed by atoms with Crippen molar-refractivity contribution in [3.8, 4) is 11.5 Å². The van der Waals surface area contributed by atoms with E-state index in [1.807, 2.05) is 13.0 Å². The Labute approximate surface area is 159 Å². The van der Waals surface area contributed by atoms with Crippen LogP contribution in [0.15, 0.2) is 30.3 Å². The van der Waals surface area contributed by atoms with Gasteiger partial charge in [-0.1, -0.05) is 31.5 Å². The molecule has 2 aromatic rings. The lowest BCUT2D eigenvalue weighted by Crippen LogP contribution is -2.13. The number of hydrogen-bond donors (Lipinski definition) is 2. The van der Waals surface area contributed by atoms with Gasteiger partial charge in [0.15, 0.2) is 11.5 Å². The van der Waals surface area contributed by atoms with Crippen molar-refractivity contribution in [1.82, 2.24) is 0 Å². The summed E-state index contributed by atoms with van der Waals surface area (Å²) < 4.78 is 11.1. The smallest absolute Gasteiger partial charge is 0.255 e. The largest absolute Gasteiger partial charge is 0.493 e. The number of halogens is 1. The summed E-state index contributed by atoms with van der Waals surface area (Å²) in [6.07, 6.45) is 0.899. The Balaban J connectivity index is 2.22. The van der Waals surface area contributed by atoms with E-state index in [0.717, 1.165) is 12.0 Å². The number of hydrogen-bond acceptors (Lipinski definition) is 4. The van der Waals surface area contributed by atoms with Crippen molar-refractivity contribution in [3.63, 3.8) is 0 Å². The van der Waals surface area contributed by atoms with E-state index in [9.17, 15) is 4.79 Å². The molecule has 1 amide bonds. The average Bonchev–Trinajstić information content (AvgIpc) is 2.58. The maximum atomic E-state index is 12.6. The monoisotopic (exact) mass is 376 g/mol. The fourth-order valence-corrected chi connectivity index (χ4v) is 2.62. The van der Waals surface area contributed by atoms with Gasteiger partial charge in [-0.15, -0.1) is 0 Å². The van der Waals surface area contributed by atoms with E-state index in [-0.39, 0.29) is 5.91 Å². The third-order valence-electron chi connectivity index (χ3n) is 3.94. The first-order valence-corrected chi connectivity index (χ1v) is 8.87. The molecule has 0 aliphatic heterocycles. The van der Waals surface area contributed by atoms with Crippen LogP contribution in [0.25, 0.3) is 0 Å². The van der Waals surface area contributed by atoms with Crippen LogP contribution >= 0.6 is 11.6 Å². The van der Waals surface area contributed by atoms with Gasteiger partial charge in [-0.2, -0.15) is 0 Å². The van der Waals surface area contributed by atoms with E-state index in [1.54, 1.807) is 24.3 Å². The Morgan fingerprint density at radius 2 is 2.00 bits per heavy atom. The highest BCUT2D eigenvalue weighted by Gasteiger charge is 2.17. The van der Waals surface area contributed by atoms with Crippen molar-refractivity contribution < 1.29 is 14.3 Å². The zero-order valence-corrected chi connectivity index (χ0v) is 16.3. The zero-order chi connectivity index (χ0) is 19.3. The van der Waals surface area contributed by atoms with Gasteiger partial charge in [-0.25, -0.2) is 0 Å². The lowest BCUT2D eigenvalue weighted by atomic mass is 10.1. The second kappa shape index (κ2) is 8.81. The summed E-state index contributed by atoms with van der Waals surface area (Å²) in [7, 11) is 1.52. The number of nitrogen functional groups attached to an aromatic ring is 1. The summed E-state index contributed by atoms with van der Waals surface area (Å²) in [4.78, 5) is 12.6. The van der Waals surface area contributed by atoms with E-state index in [1.165, 1.54) is 7.11 Å². The van der Waals surface area contributed by atoms with Crippen molar-refractivity contribution in [1.29, 1.82) is 0 Å². The van der Waals surface area contributed by atoms with Gasteiger partial charge in [0.25, 0.3) is 5.91 Å². The van der Waals surface area contributed by atoms with Crippen LogP contribution in [0, 0.1) is 12.8 Å². The molecule has 0 spiro atoms. The normalized spacial score (nSPS) is 10.7. The molecule has 0 aliphatic rings. The van der Waals surface area contributed by atoms with Crippen molar-refractivity contribution >= 4 is 28.9 Å². The molecule has 26 heavy (non-hydrogen) atoms. The SMILES string of the molecule is COc1cc(C(=O)Nc2cc(N)ccc2C)cc(Cl)c1OCCC(C)C. The fraction of sp³-hybridized carbons (Fsp3) is 0.350. The third-order valence-corrected chi connectivity index (χ3v) is 4.22. The molecule has 6 heteroatoms. The van der Waals surface area contributed by atoms with Crippen LogP contribution in [0.4, 0.5) is 11.4 Å². The molecular formula is C20H25ClN2O3. The summed E-state index contributed by atoms with van der Waals surface area (Å²) in [5.74, 6) is 1.10. The highest BCUT2D eigenvalue weighted by molar-refractivity contribution is 6.32. The molecule has 0 radical (unpaired) electrons. The minimum absolute atomic E-state index is 0.298. The number of nitrogens with two attached hydrogens (primary N) is 1. The number of methoxy groups -OCH3 is 1. The quantitative estimate of drug-likeness (QED) is 0.673. The predicted octanol–water partition coefficient (Wildman–Crippen LogP) is 4.92. The number of carbonyl (C=O) groups excluding carboxylic acids is 1. The van der Waals surface area contributed by atoms with Crippen molar-refractivity contribution in [2.75, 3.05) is 24.8 Å². The number of anilines is 2. The number of benzene rings is 2. The molecule has 0 aromatic heterocycles. The fourth-order valence-electron chi connectivity index (χ4n) is 2.36. The molecule has 0 fully saturated rings. The second-order valence-corrected chi connectivity index (χ2v) is 6.96. The molecule has 0 bridgehead atoms. The van der Waals surface area contributed by atoms with Gasteiger partial charge < -0.3 is 20.5 Å². The lowest BCUT2D eigenvalue weighted by Gasteiger charge is -2.15. The van der Waals surface area contributed by atoms with Crippen LogP contribution in [0.3, 0.4) is 0 Å². The summed E-state index contributed by atoms with van der Waals surface area (Å²) in [5.41, 5.74) is 8.32. The molecule has 3 N–H and O–H groups in total. The molecule has 0 aliphatic carbocycles. The highest BCUT2D eigenvalue weighted by Crippen LogP contribution is 2.37. The van der Waals surface area contributed by atoms with Gasteiger partial charge in [-0.3, -0.25) is 4.79 Å². The van der Waals surface area contributed by atoms with Crippen LogP contribution in [-0.4, -0.2) is 19.6 Å². The first-order valence-electron chi connectivity index (χ1n) is 8.49. The molecule has 2 aromatic carbocycles. The van der Waals surface area contributed by atoms with Gasteiger partial charge >= 0.3 is 0 Å². The third kappa shape index (κ3) is 5.05. The molecule has 0 saturated heterocycles. The van der Waals surface area contributed by atoms with Crippen LogP contribution in [-0.2, 0) is 0 Å². The van der Waals surface area contributed by atoms with E-state index >= 15 is 0 Å². The van der Waals surface area contributed by atoms with E-state index < -0.39 is 0 Å². The number of carbonyl (C=O) groups is 1. The standard InChI is InChI=1S/C20H25ClN2O3/c1-12(2)7-8-26-19-16(21)9-14(10-18(19)25-4)20(24)23-17-11-15(22)6-5-13(17)3/h5-6,9-12H,7-8,22H2,1-4H3,(H,23,24). The van der Waals surface area contributed by atoms with E-state index in [0.29, 0.717) is 46.0 Å². The van der Waals surface area contributed by atoms with Crippen molar-refractivity contribution in [2.24, 2.45) is 5.92 Å². The number of aryl methyl sites for hydroxylation is 1. The first-order chi connectivity index (χ1) is 12.3. The Morgan fingerprint density at radius 3 is 2.65 bits per heavy atom. The number of nitrogens with one attached hydrogen (secondary N) is 1. The minimum atomic E-state index is -0.298. The Hall–Kier alpha value is -2.40. The van der Waals surface area contributed by atoms with E-state index in [2.05, 4.69) is 19.2 Å². The molecule has 0 heterocycles. The zero-order valence-electron chi connectivity index (χ0n) is 15.6. The molecule has 140 valence electrons. The first kappa shape index (κ1) is 19.9.